The summed E-state index contributed by atoms with van der Waals surface area (Å²) in [5.74, 6) is 1.76. The van der Waals surface area contributed by atoms with Crippen molar-refractivity contribution in [3.05, 3.63) is 120 Å². The Morgan fingerprint density at radius 2 is 0.941 bits per heavy atom. The second kappa shape index (κ2) is 12.8. The van der Waals surface area contributed by atoms with Gasteiger partial charge < -0.3 is 9.47 Å². The third-order valence-electron chi connectivity index (χ3n) is 5.10. The number of aromatic nitrogens is 2. The molecule has 0 N–H and O–H groups in total. The topological polar surface area (TPSA) is 44.2 Å². The first-order valence-corrected chi connectivity index (χ1v) is 11.5. The van der Waals surface area contributed by atoms with Crippen LogP contribution in [0.3, 0.4) is 0 Å². The summed E-state index contributed by atoms with van der Waals surface area (Å²) in [6.45, 7) is 1.34. The summed E-state index contributed by atoms with van der Waals surface area (Å²) in [5.41, 5.74) is 4.12. The number of hydrogen-bond donors (Lipinski definition) is 0. The molecule has 4 nitrogen and oxygen atoms in total. The highest BCUT2D eigenvalue weighted by Crippen LogP contribution is 2.16. The van der Waals surface area contributed by atoms with Crippen LogP contribution in [-0.4, -0.2) is 23.2 Å². The lowest BCUT2D eigenvalue weighted by atomic mass is 10.2. The molecule has 4 aromatic rings. The molecule has 0 radical (unpaired) electrons. The second-order valence-corrected chi connectivity index (χ2v) is 7.72. The van der Waals surface area contributed by atoms with E-state index >= 15 is 0 Å². The monoisotopic (exact) mass is 448 g/mol. The van der Waals surface area contributed by atoms with Gasteiger partial charge in [-0.25, -0.2) is 0 Å². The molecule has 0 saturated carbocycles. The van der Waals surface area contributed by atoms with Gasteiger partial charge in [0.05, 0.1) is 24.6 Å². The first-order chi connectivity index (χ1) is 16.8. The van der Waals surface area contributed by atoms with E-state index in [4.69, 9.17) is 9.47 Å². The normalized spacial score (nSPS) is 11.2. The van der Waals surface area contributed by atoms with E-state index in [1.165, 1.54) is 0 Å². The van der Waals surface area contributed by atoms with Crippen LogP contribution in [0.25, 0.3) is 24.3 Å². The van der Waals surface area contributed by atoms with E-state index in [9.17, 15) is 0 Å². The molecule has 0 aliphatic carbocycles. The van der Waals surface area contributed by atoms with E-state index in [2.05, 4.69) is 9.97 Å². The van der Waals surface area contributed by atoms with E-state index in [-0.39, 0.29) is 0 Å². The molecule has 2 heterocycles. The summed E-state index contributed by atoms with van der Waals surface area (Å²) in [6.07, 6.45) is 13.6. The molecule has 2 aromatic heterocycles. The lowest BCUT2D eigenvalue weighted by Crippen LogP contribution is -2.02. The van der Waals surface area contributed by atoms with Gasteiger partial charge in [0.1, 0.15) is 11.5 Å². The van der Waals surface area contributed by atoms with Gasteiger partial charge in [-0.1, -0.05) is 48.6 Å². The van der Waals surface area contributed by atoms with Gasteiger partial charge in [0.25, 0.3) is 0 Å². The molecule has 2 aromatic carbocycles. The average molecular weight is 449 g/mol. The lowest BCUT2D eigenvalue weighted by Gasteiger charge is -2.08. The molecule has 0 amide bonds. The highest BCUT2D eigenvalue weighted by Gasteiger charge is 1.97. The standard InChI is InChI=1S/C30H28N2O2/c1-3-21-31-27(7-1)15-9-25-11-17-29(18-12-25)33-23-5-6-24-34-30-19-13-26(14-20-30)10-16-28-8-2-4-22-32-28/h1-4,7-22H,5-6,23-24H2/b15-9+,16-10+. The fraction of sp³-hybridized carbons (Fsp3) is 0.133. The van der Waals surface area contributed by atoms with Gasteiger partial charge in [-0.3, -0.25) is 9.97 Å². The van der Waals surface area contributed by atoms with Crippen molar-refractivity contribution in [1.29, 1.82) is 0 Å². The maximum atomic E-state index is 5.85. The fourth-order valence-corrected chi connectivity index (χ4v) is 3.25. The highest BCUT2D eigenvalue weighted by molar-refractivity contribution is 5.68. The van der Waals surface area contributed by atoms with E-state index < -0.39 is 0 Å². The minimum Gasteiger partial charge on any atom is -0.494 e. The molecule has 0 fully saturated rings. The Labute approximate surface area is 201 Å². The van der Waals surface area contributed by atoms with Gasteiger partial charge in [-0.2, -0.15) is 0 Å². The van der Waals surface area contributed by atoms with Gasteiger partial charge in [0, 0.05) is 12.4 Å². The molecular weight excluding hydrogens is 420 g/mol. The smallest absolute Gasteiger partial charge is 0.119 e. The number of pyridine rings is 2. The minimum absolute atomic E-state index is 0.670. The Bertz CT molecular complexity index is 1070. The zero-order valence-corrected chi connectivity index (χ0v) is 19.1. The molecule has 0 spiro atoms. The zero-order chi connectivity index (χ0) is 23.3. The highest BCUT2D eigenvalue weighted by atomic mass is 16.5. The molecule has 0 aliphatic rings. The molecule has 0 bridgehead atoms. The van der Waals surface area contributed by atoms with Crippen LogP contribution in [0.5, 0.6) is 11.5 Å². The SMILES string of the molecule is C(=C\c1ccccn1)/c1ccc(OCCCCOc2ccc(/C=C/c3ccccn3)cc2)cc1. The van der Waals surface area contributed by atoms with Crippen LogP contribution in [0.15, 0.2) is 97.3 Å². The molecule has 0 unspecified atom stereocenters. The van der Waals surface area contributed by atoms with Crippen molar-refractivity contribution in [2.75, 3.05) is 13.2 Å². The molecule has 4 heteroatoms. The van der Waals surface area contributed by atoms with Crippen molar-refractivity contribution >= 4 is 24.3 Å². The third kappa shape index (κ3) is 7.75. The largest absolute Gasteiger partial charge is 0.494 e. The molecule has 4 rings (SSSR count). The molecule has 0 aliphatic heterocycles. The van der Waals surface area contributed by atoms with Gasteiger partial charge in [-0.15, -0.1) is 0 Å². The third-order valence-corrected chi connectivity index (χ3v) is 5.10. The molecule has 170 valence electrons. The Kier molecular flexibility index (Phi) is 8.63. The number of hydrogen-bond acceptors (Lipinski definition) is 4. The molecule has 0 atom stereocenters. The van der Waals surface area contributed by atoms with E-state index in [1.807, 2.05) is 109 Å². The average Bonchev–Trinajstić information content (AvgIpc) is 2.91. The van der Waals surface area contributed by atoms with Crippen molar-refractivity contribution < 1.29 is 9.47 Å². The Morgan fingerprint density at radius 1 is 0.500 bits per heavy atom. The molecular formula is C30H28N2O2. The quantitative estimate of drug-likeness (QED) is 0.231. The van der Waals surface area contributed by atoms with Crippen LogP contribution < -0.4 is 9.47 Å². The van der Waals surface area contributed by atoms with Gasteiger partial charge in [0.2, 0.25) is 0 Å². The van der Waals surface area contributed by atoms with Gasteiger partial charge in [0.15, 0.2) is 0 Å². The number of nitrogens with zero attached hydrogens (tertiary/aromatic N) is 2. The Morgan fingerprint density at radius 3 is 1.32 bits per heavy atom. The number of benzene rings is 2. The van der Waals surface area contributed by atoms with Crippen LogP contribution in [0.1, 0.15) is 35.4 Å². The van der Waals surface area contributed by atoms with Crippen LogP contribution in [0, 0.1) is 0 Å². The first kappa shape index (κ1) is 23.0. The number of ether oxygens (including phenoxy) is 2. The van der Waals surface area contributed by atoms with Crippen molar-refractivity contribution in [2.45, 2.75) is 12.8 Å². The Balaban J connectivity index is 1.12. The second-order valence-electron chi connectivity index (χ2n) is 7.72. The van der Waals surface area contributed by atoms with Crippen LogP contribution in [-0.2, 0) is 0 Å². The maximum Gasteiger partial charge on any atom is 0.119 e. The van der Waals surface area contributed by atoms with Crippen LogP contribution in [0.4, 0.5) is 0 Å². The van der Waals surface area contributed by atoms with Crippen molar-refractivity contribution in [1.82, 2.24) is 9.97 Å². The van der Waals surface area contributed by atoms with Crippen molar-refractivity contribution in [3.63, 3.8) is 0 Å². The van der Waals surface area contributed by atoms with E-state index in [0.29, 0.717) is 13.2 Å². The summed E-state index contributed by atoms with van der Waals surface area (Å²) in [5, 5.41) is 0. The van der Waals surface area contributed by atoms with Crippen LogP contribution in [0.2, 0.25) is 0 Å². The van der Waals surface area contributed by atoms with E-state index in [1.54, 1.807) is 12.4 Å². The van der Waals surface area contributed by atoms with Crippen molar-refractivity contribution in [2.24, 2.45) is 0 Å². The summed E-state index contributed by atoms with van der Waals surface area (Å²) in [7, 11) is 0. The summed E-state index contributed by atoms with van der Waals surface area (Å²) < 4.78 is 11.7. The predicted octanol–water partition coefficient (Wildman–Crippen LogP) is 7.06. The van der Waals surface area contributed by atoms with E-state index in [0.717, 1.165) is 46.9 Å². The summed E-state index contributed by atoms with van der Waals surface area (Å²) in [4.78, 5) is 8.58. The number of unbranched alkanes of at least 4 members (excludes halogenated alkanes) is 1. The summed E-state index contributed by atoms with van der Waals surface area (Å²) >= 11 is 0. The first-order valence-electron chi connectivity index (χ1n) is 11.5. The molecule has 0 saturated heterocycles. The molecule has 34 heavy (non-hydrogen) atoms. The minimum atomic E-state index is 0.670. The lowest BCUT2D eigenvalue weighted by molar-refractivity contribution is 0.266. The van der Waals surface area contributed by atoms with Gasteiger partial charge in [-0.05, 0) is 84.7 Å². The zero-order valence-electron chi connectivity index (χ0n) is 19.1. The summed E-state index contributed by atoms with van der Waals surface area (Å²) in [6, 6.07) is 27.9. The van der Waals surface area contributed by atoms with Gasteiger partial charge >= 0.3 is 0 Å². The van der Waals surface area contributed by atoms with Crippen molar-refractivity contribution in [3.8, 4) is 11.5 Å². The predicted molar refractivity (Wildman–Crippen MR) is 139 cm³/mol. The Hall–Kier alpha value is -4.18. The number of rotatable bonds is 11. The fourth-order valence-electron chi connectivity index (χ4n) is 3.25. The maximum absolute atomic E-state index is 5.85. The van der Waals surface area contributed by atoms with Crippen LogP contribution >= 0.6 is 0 Å².